The first-order valence-corrected chi connectivity index (χ1v) is 6.45. The lowest BCUT2D eigenvalue weighted by Crippen LogP contribution is -2.03. The van der Waals surface area contributed by atoms with E-state index in [0.29, 0.717) is 17.1 Å². The molecule has 21 heavy (non-hydrogen) atoms. The Bertz CT molecular complexity index is 641. The normalized spacial score (nSPS) is 10.8. The standard InChI is InChI=1S/C15H13ClFNO3/c1-20-14-7-2-4-10(8-18-19)15(14)21-9-11-12(16)5-3-6-13(11)17/h2-8,19H,9H2,1H3. The van der Waals surface area contributed by atoms with Crippen LogP contribution in [0.4, 0.5) is 4.39 Å². The third-order valence-corrected chi connectivity index (χ3v) is 3.20. The highest BCUT2D eigenvalue weighted by Gasteiger charge is 2.13. The van der Waals surface area contributed by atoms with Crippen LogP contribution in [0.15, 0.2) is 41.6 Å². The van der Waals surface area contributed by atoms with Gasteiger partial charge in [-0.05, 0) is 24.3 Å². The second-order valence-electron chi connectivity index (χ2n) is 4.11. The molecule has 0 unspecified atom stereocenters. The molecular weight excluding hydrogens is 297 g/mol. The maximum absolute atomic E-state index is 13.7. The number of ether oxygens (including phenoxy) is 2. The molecule has 0 aliphatic carbocycles. The third kappa shape index (κ3) is 3.44. The van der Waals surface area contributed by atoms with E-state index in [0.717, 1.165) is 0 Å². The summed E-state index contributed by atoms with van der Waals surface area (Å²) in [6.45, 7) is -0.0713. The molecule has 0 heterocycles. The van der Waals surface area contributed by atoms with E-state index in [2.05, 4.69) is 5.16 Å². The number of oxime groups is 1. The van der Waals surface area contributed by atoms with Gasteiger partial charge in [0.1, 0.15) is 12.4 Å². The van der Waals surface area contributed by atoms with Gasteiger partial charge in [0.15, 0.2) is 11.5 Å². The van der Waals surface area contributed by atoms with Crippen LogP contribution in [0.5, 0.6) is 11.5 Å². The molecule has 0 atom stereocenters. The zero-order chi connectivity index (χ0) is 15.2. The van der Waals surface area contributed by atoms with Crippen molar-refractivity contribution in [2.24, 2.45) is 5.16 Å². The van der Waals surface area contributed by atoms with Crippen molar-refractivity contribution in [3.63, 3.8) is 0 Å². The van der Waals surface area contributed by atoms with Crippen LogP contribution in [0.2, 0.25) is 5.02 Å². The fourth-order valence-corrected chi connectivity index (χ4v) is 2.04. The Balaban J connectivity index is 2.31. The lowest BCUT2D eigenvalue weighted by atomic mass is 10.2. The number of nitrogens with zero attached hydrogens (tertiary/aromatic N) is 1. The minimum absolute atomic E-state index is 0.0713. The van der Waals surface area contributed by atoms with Gasteiger partial charge in [0.05, 0.1) is 18.3 Å². The number of methoxy groups -OCH3 is 1. The number of hydrogen-bond acceptors (Lipinski definition) is 4. The van der Waals surface area contributed by atoms with Crippen molar-refractivity contribution >= 4 is 17.8 Å². The molecule has 2 rings (SSSR count). The van der Waals surface area contributed by atoms with Gasteiger partial charge in [-0.15, -0.1) is 0 Å². The van der Waals surface area contributed by atoms with Gasteiger partial charge in [-0.2, -0.15) is 0 Å². The first kappa shape index (κ1) is 15.1. The predicted octanol–water partition coefficient (Wildman–Crippen LogP) is 3.87. The van der Waals surface area contributed by atoms with E-state index in [9.17, 15) is 4.39 Å². The van der Waals surface area contributed by atoms with E-state index in [1.165, 1.54) is 25.5 Å². The van der Waals surface area contributed by atoms with Crippen LogP contribution in [0.1, 0.15) is 11.1 Å². The number of benzene rings is 2. The molecule has 1 N–H and O–H groups in total. The zero-order valence-electron chi connectivity index (χ0n) is 11.2. The molecule has 2 aromatic rings. The highest BCUT2D eigenvalue weighted by atomic mass is 35.5. The van der Waals surface area contributed by atoms with Crippen LogP contribution < -0.4 is 9.47 Å². The van der Waals surface area contributed by atoms with Gasteiger partial charge in [-0.3, -0.25) is 0 Å². The monoisotopic (exact) mass is 309 g/mol. The Hall–Kier alpha value is -2.27. The first-order chi connectivity index (χ1) is 10.2. The SMILES string of the molecule is COc1cccc(C=NO)c1OCc1c(F)cccc1Cl. The minimum Gasteiger partial charge on any atom is -0.493 e. The molecule has 0 aromatic heterocycles. The van der Waals surface area contributed by atoms with Gasteiger partial charge >= 0.3 is 0 Å². The van der Waals surface area contributed by atoms with E-state index in [4.69, 9.17) is 26.3 Å². The highest BCUT2D eigenvalue weighted by Crippen LogP contribution is 2.31. The van der Waals surface area contributed by atoms with Gasteiger partial charge < -0.3 is 14.7 Å². The Morgan fingerprint density at radius 1 is 1.29 bits per heavy atom. The van der Waals surface area contributed by atoms with Crippen molar-refractivity contribution in [1.82, 2.24) is 0 Å². The van der Waals surface area contributed by atoms with Crippen molar-refractivity contribution in [2.45, 2.75) is 6.61 Å². The molecule has 0 radical (unpaired) electrons. The summed E-state index contributed by atoms with van der Waals surface area (Å²) in [5.74, 6) is 0.340. The third-order valence-electron chi connectivity index (χ3n) is 2.85. The van der Waals surface area contributed by atoms with E-state index < -0.39 is 5.82 Å². The average molecular weight is 310 g/mol. The molecule has 0 saturated heterocycles. The molecule has 0 aliphatic rings. The molecule has 0 aliphatic heterocycles. The highest BCUT2D eigenvalue weighted by molar-refractivity contribution is 6.31. The largest absolute Gasteiger partial charge is 0.493 e. The maximum atomic E-state index is 13.7. The summed E-state index contributed by atoms with van der Waals surface area (Å²) in [7, 11) is 1.48. The van der Waals surface area contributed by atoms with E-state index in [1.54, 1.807) is 24.3 Å². The quantitative estimate of drug-likeness (QED) is 0.518. The van der Waals surface area contributed by atoms with Crippen LogP contribution in [0, 0.1) is 5.82 Å². The number of hydrogen-bond donors (Lipinski definition) is 1. The molecular formula is C15H13ClFNO3. The maximum Gasteiger partial charge on any atom is 0.170 e. The van der Waals surface area contributed by atoms with Crippen molar-refractivity contribution in [3.8, 4) is 11.5 Å². The second kappa shape index (κ2) is 6.95. The summed E-state index contributed by atoms with van der Waals surface area (Å²) in [6, 6.07) is 9.50. The molecule has 2 aromatic carbocycles. The van der Waals surface area contributed by atoms with Crippen LogP contribution >= 0.6 is 11.6 Å². The van der Waals surface area contributed by atoms with E-state index in [1.807, 2.05) is 0 Å². The topological polar surface area (TPSA) is 51.0 Å². The van der Waals surface area contributed by atoms with Crippen LogP contribution in [0.25, 0.3) is 0 Å². The van der Waals surface area contributed by atoms with Gasteiger partial charge in [-0.1, -0.05) is 28.9 Å². The fourth-order valence-electron chi connectivity index (χ4n) is 1.83. The number of rotatable bonds is 5. The van der Waals surface area contributed by atoms with Crippen LogP contribution in [-0.2, 0) is 6.61 Å². The molecule has 0 spiro atoms. The van der Waals surface area contributed by atoms with Crippen molar-refractivity contribution in [2.75, 3.05) is 7.11 Å². The summed E-state index contributed by atoms with van der Waals surface area (Å²) in [5, 5.41) is 11.9. The smallest absolute Gasteiger partial charge is 0.170 e. The van der Waals surface area contributed by atoms with E-state index >= 15 is 0 Å². The Kier molecular flexibility index (Phi) is 5.00. The van der Waals surface area contributed by atoms with Crippen LogP contribution in [0.3, 0.4) is 0 Å². The summed E-state index contributed by atoms with van der Waals surface area (Å²) in [4.78, 5) is 0. The fraction of sp³-hybridized carbons (Fsp3) is 0.133. The Morgan fingerprint density at radius 2 is 2.05 bits per heavy atom. The van der Waals surface area contributed by atoms with Gasteiger partial charge in [0.25, 0.3) is 0 Å². The van der Waals surface area contributed by atoms with Crippen molar-refractivity contribution < 1.29 is 19.1 Å². The predicted molar refractivity (Wildman–Crippen MR) is 78.1 cm³/mol. The lowest BCUT2D eigenvalue weighted by Gasteiger charge is -2.14. The minimum atomic E-state index is -0.449. The summed E-state index contributed by atoms with van der Waals surface area (Å²) >= 11 is 5.95. The zero-order valence-corrected chi connectivity index (χ0v) is 12.0. The molecule has 0 fully saturated rings. The van der Waals surface area contributed by atoms with Gasteiger partial charge in [-0.25, -0.2) is 4.39 Å². The van der Waals surface area contributed by atoms with Crippen molar-refractivity contribution in [1.29, 1.82) is 0 Å². The number of halogens is 2. The average Bonchev–Trinajstić information content (AvgIpc) is 2.48. The number of para-hydroxylation sites is 1. The second-order valence-corrected chi connectivity index (χ2v) is 4.52. The lowest BCUT2D eigenvalue weighted by molar-refractivity contribution is 0.279. The molecule has 110 valence electrons. The first-order valence-electron chi connectivity index (χ1n) is 6.07. The van der Waals surface area contributed by atoms with E-state index in [-0.39, 0.29) is 17.2 Å². The summed E-state index contributed by atoms with van der Waals surface area (Å²) in [6.07, 6.45) is 1.21. The molecule has 0 saturated carbocycles. The molecule has 0 bridgehead atoms. The molecule has 0 amide bonds. The summed E-state index contributed by atoms with van der Waals surface area (Å²) in [5.41, 5.74) is 0.751. The van der Waals surface area contributed by atoms with Crippen LogP contribution in [-0.4, -0.2) is 18.5 Å². The Morgan fingerprint density at radius 3 is 2.71 bits per heavy atom. The van der Waals surface area contributed by atoms with Gasteiger partial charge in [0.2, 0.25) is 0 Å². The summed E-state index contributed by atoms with van der Waals surface area (Å²) < 4.78 is 24.5. The Labute approximate surface area is 126 Å². The molecule has 4 nitrogen and oxygen atoms in total. The van der Waals surface area contributed by atoms with Gasteiger partial charge in [0, 0.05) is 11.1 Å². The molecule has 6 heteroatoms. The van der Waals surface area contributed by atoms with Crippen molar-refractivity contribution in [3.05, 3.63) is 58.4 Å².